The number of hydrogen-bond donors (Lipinski definition) is 1. The predicted molar refractivity (Wildman–Crippen MR) is 107 cm³/mol. The second kappa shape index (κ2) is 7.64. The summed E-state index contributed by atoms with van der Waals surface area (Å²) >= 11 is 0. The first kappa shape index (κ1) is 21.3. The molecule has 0 fully saturated rings. The Kier molecular flexibility index (Phi) is 5.09. The molecule has 8 nitrogen and oxygen atoms in total. The quantitative estimate of drug-likeness (QED) is 0.500. The van der Waals surface area contributed by atoms with Gasteiger partial charge < -0.3 is 5.11 Å². The van der Waals surface area contributed by atoms with Crippen molar-refractivity contribution in [2.75, 3.05) is 0 Å². The summed E-state index contributed by atoms with van der Waals surface area (Å²) in [5.74, 6) is -0.0164. The highest BCUT2D eigenvalue weighted by molar-refractivity contribution is 7.92. The molecule has 0 aliphatic heterocycles. The van der Waals surface area contributed by atoms with Gasteiger partial charge in [-0.05, 0) is 36.4 Å². The molecule has 4 aromatic rings. The number of rotatable bonds is 4. The van der Waals surface area contributed by atoms with Gasteiger partial charge in [-0.2, -0.15) is 23.4 Å². The van der Waals surface area contributed by atoms with E-state index in [4.69, 9.17) is 0 Å². The average molecular weight is 462 g/mol. The number of hydrogen-bond acceptors (Lipinski definition) is 6. The van der Waals surface area contributed by atoms with Crippen LogP contribution in [0.25, 0.3) is 22.8 Å². The molecule has 12 heteroatoms. The lowest BCUT2D eigenvalue weighted by Gasteiger charge is -2.12. The third-order valence-electron chi connectivity index (χ3n) is 4.47. The number of sulfone groups is 1. The van der Waals surface area contributed by atoms with Crippen molar-refractivity contribution in [2.24, 2.45) is 0 Å². The van der Waals surface area contributed by atoms with Gasteiger partial charge in [0.05, 0.1) is 28.2 Å². The first-order valence-electron chi connectivity index (χ1n) is 8.93. The van der Waals surface area contributed by atoms with Crippen LogP contribution in [0.3, 0.4) is 0 Å². The van der Waals surface area contributed by atoms with E-state index in [-0.39, 0.29) is 22.8 Å². The van der Waals surface area contributed by atoms with Crippen LogP contribution >= 0.6 is 0 Å². The standard InChI is InChI=1S/C20H13F3N4O4S/c21-20(22,23)32(30,31)16-6-2-4-14(12-16)27-17(7-9-24-27)19-18(29)8-10-26(25-19)13-3-1-5-15(28)11-13/h1-12,28H. The largest absolute Gasteiger partial charge is 0.508 e. The van der Waals surface area contributed by atoms with Crippen molar-refractivity contribution in [3.63, 3.8) is 0 Å². The molecular weight excluding hydrogens is 449 g/mol. The highest BCUT2D eigenvalue weighted by Crippen LogP contribution is 2.31. The molecule has 0 radical (unpaired) electrons. The lowest BCUT2D eigenvalue weighted by molar-refractivity contribution is -0.0436. The third kappa shape index (κ3) is 3.75. The fourth-order valence-corrected chi connectivity index (χ4v) is 3.77. The number of nitrogens with zero attached hydrogens (tertiary/aromatic N) is 4. The van der Waals surface area contributed by atoms with Gasteiger partial charge in [0.1, 0.15) is 5.75 Å². The van der Waals surface area contributed by atoms with Crippen LogP contribution in [0, 0.1) is 0 Å². The van der Waals surface area contributed by atoms with E-state index in [1.54, 1.807) is 12.1 Å². The van der Waals surface area contributed by atoms with Gasteiger partial charge in [-0.1, -0.05) is 12.1 Å². The molecule has 2 heterocycles. The molecule has 0 amide bonds. The van der Waals surface area contributed by atoms with Gasteiger partial charge in [0, 0.05) is 18.3 Å². The number of alkyl halides is 3. The van der Waals surface area contributed by atoms with Crippen LogP contribution in [-0.2, 0) is 9.84 Å². The zero-order valence-corrected chi connectivity index (χ0v) is 16.7. The summed E-state index contributed by atoms with van der Waals surface area (Å²) in [6.07, 6.45) is 2.69. The maximum absolute atomic E-state index is 12.9. The Bertz CT molecular complexity index is 1480. The second-order valence-electron chi connectivity index (χ2n) is 6.57. The Morgan fingerprint density at radius 1 is 0.938 bits per heavy atom. The summed E-state index contributed by atoms with van der Waals surface area (Å²) in [6, 6.07) is 12.9. The van der Waals surface area contributed by atoms with E-state index in [1.165, 1.54) is 47.4 Å². The second-order valence-corrected chi connectivity index (χ2v) is 8.51. The number of aromatic hydroxyl groups is 1. The smallest absolute Gasteiger partial charge is 0.501 e. The molecule has 0 spiro atoms. The Hall–Kier alpha value is -3.93. The average Bonchev–Trinajstić information content (AvgIpc) is 3.23. The summed E-state index contributed by atoms with van der Waals surface area (Å²) in [5.41, 5.74) is -5.47. The molecule has 0 bridgehead atoms. The van der Waals surface area contributed by atoms with Crippen LogP contribution in [0.5, 0.6) is 5.75 Å². The zero-order valence-electron chi connectivity index (χ0n) is 15.9. The van der Waals surface area contributed by atoms with Gasteiger partial charge in [-0.15, -0.1) is 0 Å². The van der Waals surface area contributed by atoms with E-state index in [9.17, 15) is 31.5 Å². The molecule has 2 aromatic heterocycles. The minimum Gasteiger partial charge on any atom is -0.508 e. The number of aromatic nitrogens is 4. The fraction of sp³-hybridized carbons (Fsp3) is 0.0500. The summed E-state index contributed by atoms with van der Waals surface area (Å²) in [5, 5.41) is 18.0. The van der Waals surface area contributed by atoms with Crippen LogP contribution in [0.4, 0.5) is 13.2 Å². The van der Waals surface area contributed by atoms with Crippen molar-refractivity contribution in [3.8, 4) is 28.5 Å². The maximum Gasteiger partial charge on any atom is 0.501 e. The number of phenolic OH excluding ortho intramolecular Hbond substituents is 1. The van der Waals surface area contributed by atoms with Crippen LogP contribution < -0.4 is 5.43 Å². The number of halogens is 3. The maximum atomic E-state index is 12.9. The molecule has 0 saturated carbocycles. The normalized spacial score (nSPS) is 12.1. The monoisotopic (exact) mass is 462 g/mol. The lowest BCUT2D eigenvalue weighted by atomic mass is 10.2. The summed E-state index contributed by atoms with van der Waals surface area (Å²) in [4.78, 5) is 11.5. The first-order valence-corrected chi connectivity index (χ1v) is 10.4. The SMILES string of the molecule is O=c1ccn(-c2cccc(O)c2)nc1-c1ccnn1-c1cccc(S(=O)(=O)C(F)(F)F)c1. The summed E-state index contributed by atoms with van der Waals surface area (Å²) in [6.45, 7) is 0. The van der Waals surface area contributed by atoms with Crippen LogP contribution in [-0.4, -0.2) is 38.6 Å². The molecule has 0 atom stereocenters. The summed E-state index contributed by atoms with van der Waals surface area (Å²) in [7, 11) is -5.57. The van der Waals surface area contributed by atoms with Crippen LogP contribution in [0.2, 0.25) is 0 Å². The minimum atomic E-state index is -5.57. The molecule has 0 unspecified atom stereocenters. The Morgan fingerprint density at radius 3 is 2.38 bits per heavy atom. The van der Waals surface area contributed by atoms with Gasteiger partial charge in [0.25, 0.3) is 9.84 Å². The van der Waals surface area contributed by atoms with Crippen molar-refractivity contribution in [1.82, 2.24) is 19.6 Å². The molecular formula is C20H13F3N4O4S. The molecule has 4 rings (SSSR count). The van der Waals surface area contributed by atoms with E-state index in [2.05, 4.69) is 10.2 Å². The Balaban J connectivity index is 1.84. The molecule has 1 N–H and O–H groups in total. The molecule has 0 aliphatic rings. The van der Waals surface area contributed by atoms with Gasteiger partial charge in [-0.25, -0.2) is 17.8 Å². The Morgan fingerprint density at radius 2 is 1.66 bits per heavy atom. The number of phenols is 1. The molecule has 2 aromatic carbocycles. The predicted octanol–water partition coefficient (Wildman–Crippen LogP) is 3.08. The van der Waals surface area contributed by atoms with Gasteiger partial charge in [0.2, 0.25) is 5.43 Å². The number of benzene rings is 2. The molecule has 0 saturated heterocycles. The van der Waals surface area contributed by atoms with Crippen molar-refractivity contribution < 1.29 is 26.7 Å². The van der Waals surface area contributed by atoms with Crippen molar-refractivity contribution >= 4 is 9.84 Å². The van der Waals surface area contributed by atoms with Crippen molar-refractivity contribution in [3.05, 3.63) is 83.3 Å². The van der Waals surface area contributed by atoms with E-state index >= 15 is 0 Å². The van der Waals surface area contributed by atoms with E-state index in [1.807, 2.05) is 0 Å². The Labute approximate surface area is 178 Å². The molecule has 164 valence electrons. The zero-order chi connectivity index (χ0) is 23.1. The minimum absolute atomic E-state index is 0.00992. The molecule has 0 aliphatic carbocycles. The van der Waals surface area contributed by atoms with E-state index in [0.717, 1.165) is 22.9 Å². The highest BCUT2D eigenvalue weighted by Gasteiger charge is 2.46. The van der Waals surface area contributed by atoms with Gasteiger partial charge in [0.15, 0.2) is 5.69 Å². The van der Waals surface area contributed by atoms with Gasteiger partial charge in [-0.3, -0.25) is 4.79 Å². The third-order valence-corrected chi connectivity index (χ3v) is 5.95. The first-order chi connectivity index (χ1) is 15.1. The fourth-order valence-electron chi connectivity index (χ4n) is 2.97. The van der Waals surface area contributed by atoms with Crippen molar-refractivity contribution in [1.29, 1.82) is 0 Å². The van der Waals surface area contributed by atoms with Crippen LogP contribution in [0.15, 0.2) is 82.7 Å². The highest BCUT2D eigenvalue weighted by atomic mass is 32.2. The van der Waals surface area contributed by atoms with Crippen molar-refractivity contribution in [2.45, 2.75) is 10.4 Å². The topological polar surface area (TPSA) is 107 Å². The van der Waals surface area contributed by atoms with E-state index < -0.39 is 25.7 Å². The van der Waals surface area contributed by atoms with Gasteiger partial charge >= 0.3 is 5.51 Å². The lowest BCUT2D eigenvalue weighted by Crippen LogP contribution is -2.23. The molecule has 32 heavy (non-hydrogen) atoms. The van der Waals surface area contributed by atoms with E-state index in [0.29, 0.717) is 5.69 Å². The summed E-state index contributed by atoms with van der Waals surface area (Å²) < 4.78 is 64.8. The van der Waals surface area contributed by atoms with Crippen LogP contribution in [0.1, 0.15) is 0 Å².